The SMILES string of the molecule is O=C(CN1CCCSc2ccccc21)Nc1cc(Cl)ccc1[N+](=O)[O-]. The van der Waals surface area contributed by atoms with Crippen molar-refractivity contribution in [1.29, 1.82) is 0 Å². The summed E-state index contributed by atoms with van der Waals surface area (Å²) >= 11 is 7.67. The molecule has 0 spiro atoms. The van der Waals surface area contributed by atoms with Gasteiger partial charge in [-0.25, -0.2) is 0 Å². The van der Waals surface area contributed by atoms with E-state index in [-0.39, 0.29) is 23.8 Å². The molecule has 8 heteroatoms. The smallest absolute Gasteiger partial charge is 0.292 e. The number of benzene rings is 2. The van der Waals surface area contributed by atoms with Crippen LogP contribution >= 0.6 is 23.4 Å². The number of carbonyl (C=O) groups excluding carboxylic acids is 1. The summed E-state index contributed by atoms with van der Waals surface area (Å²) in [4.78, 5) is 26.2. The third-order valence-corrected chi connectivity index (χ3v) is 5.18. The minimum atomic E-state index is -0.538. The Hall–Kier alpha value is -2.25. The van der Waals surface area contributed by atoms with Crippen LogP contribution < -0.4 is 10.2 Å². The quantitative estimate of drug-likeness (QED) is 0.638. The molecule has 3 rings (SSSR count). The van der Waals surface area contributed by atoms with Crippen LogP contribution in [0.4, 0.5) is 17.1 Å². The molecule has 1 amide bonds. The zero-order valence-corrected chi connectivity index (χ0v) is 14.8. The maximum atomic E-state index is 12.5. The summed E-state index contributed by atoms with van der Waals surface area (Å²) in [5.41, 5.74) is 0.949. The van der Waals surface area contributed by atoms with Gasteiger partial charge in [-0.15, -0.1) is 11.8 Å². The molecule has 1 N–H and O–H groups in total. The van der Waals surface area contributed by atoms with Crippen molar-refractivity contribution >= 4 is 46.3 Å². The predicted molar refractivity (Wildman–Crippen MR) is 101 cm³/mol. The zero-order valence-electron chi connectivity index (χ0n) is 13.3. The fourth-order valence-electron chi connectivity index (χ4n) is 2.69. The number of nitro benzene ring substituents is 1. The Morgan fingerprint density at radius 3 is 2.92 bits per heavy atom. The normalized spacial score (nSPS) is 13.7. The summed E-state index contributed by atoms with van der Waals surface area (Å²) in [7, 11) is 0. The maximum Gasteiger partial charge on any atom is 0.292 e. The highest BCUT2D eigenvalue weighted by Crippen LogP contribution is 2.33. The molecule has 0 bridgehead atoms. The summed E-state index contributed by atoms with van der Waals surface area (Å²) in [6.07, 6.45) is 0.962. The molecule has 2 aromatic rings. The lowest BCUT2D eigenvalue weighted by molar-refractivity contribution is -0.383. The van der Waals surface area contributed by atoms with E-state index in [1.54, 1.807) is 11.8 Å². The highest BCUT2D eigenvalue weighted by molar-refractivity contribution is 7.99. The molecule has 1 heterocycles. The Kier molecular flexibility index (Phi) is 5.45. The molecule has 0 saturated heterocycles. The van der Waals surface area contributed by atoms with Crippen molar-refractivity contribution in [2.45, 2.75) is 11.3 Å². The molecular weight excluding hydrogens is 362 g/mol. The van der Waals surface area contributed by atoms with Crippen LogP contribution in [0.25, 0.3) is 0 Å². The molecule has 0 fully saturated rings. The van der Waals surface area contributed by atoms with E-state index >= 15 is 0 Å². The summed E-state index contributed by atoms with van der Waals surface area (Å²) in [5, 5.41) is 14.1. The van der Waals surface area contributed by atoms with Gasteiger partial charge in [0, 0.05) is 22.5 Å². The third kappa shape index (κ3) is 4.24. The number of amides is 1. The van der Waals surface area contributed by atoms with E-state index in [1.807, 2.05) is 29.2 Å². The first-order valence-corrected chi connectivity index (χ1v) is 9.11. The van der Waals surface area contributed by atoms with Crippen molar-refractivity contribution in [1.82, 2.24) is 0 Å². The minimum Gasteiger partial charge on any atom is -0.361 e. The Morgan fingerprint density at radius 1 is 1.32 bits per heavy atom. The number of halogens is 1. The van der Waals surface area contributed by atoms with Gasteiger partial charge < -0.3 is 10.2 Å². The lowest BCUT2D eigenvalue weighted by Gasteiger charge is -2.23. The third-order valence-electron chi connectivity index (χ3n) is 3.80. The molecule has 0 radical (unpaired) electrons. The maximum absolute atomic E-state index is 12.5. The number of thioether (sulfide) groups is 1. The molecule has 25 heavy (non-hydrogen) atoms. The Bertz CT molecular complexity index is 815. The number of hydrogen-bond donors (Lipinski definition) is 1. The van der Waals surface area contributed by atoms with Crippen molar-refractivity contribution in [2.24, 2.45) is 0 Å². The van der Waals surface area contributed by atoms with Crippen LogP contribution in [0.15, 0.2) is 47.4 Å². The summed E-state index contributed by atoms with van der Waals surface area (Å²) in [5.74, 6) is 0.682. The Balaban J connectivity index is 1.78. The van der Waals surface area contributed by atoms with Gasteiger partial charge in [-0.3, -0.25) is 14.9 Å². The molecule has 1 aliphatic rings. The number of hydrogen-bond acceptors (Lipinski definition) is 5. The van der Waals surface area contributed by atoms with Crippen LogP contribution in [0.5, 0.6) is 0 Å². The second-order valence-corrected chi connectivity index (χ2v) is 7.13. The van der Waals surface area contributed by atoms with Gasteiger partial charge in [0.25, 0.3) is 5.69 Å². The van der Waals surface area contributed by atoms with Crippen LogP contribution in [0.3, 0.4) is 0 Å². The number of fused-ring (bicyclic) bond motifs is 1. The highest BCUT2D eigenvalue weighted by atomic mass is 35.5. The lowest BCUT2D eigenvalue weighted by Crippen LogP contribution is -2.34. The van der Waals surface area contributed by atoms with E-state index in [0.29, 0.717) is 5.02 Å². The van der Waals surface area contributed by atoms with E-state index in [9.17, 15) is 14.9 Å². The van der Waals surface area contributed by atoms with Gasteiger partial charge in [0.15, 0.2) is 0 Å². The van der Waals surface area contributed by atoms with Gasteiger partial charge in [-0.2, -0.15) is 0 Å². The van der Waals surface area contributed by atoms with Crippen LogP contribution in [-0.2, 0) is 4.79 Å². The largest absolute Gasteiger partial charge is 0.361 e. The van der Waals surface area contributed by atoms with Gasteiger partial charge >= 0.3 is 0 Å². The number of rotatable bonds is 4. The predicted octanol–water partition coefficient (Wildman–Crippen LogP) is 4.19. The van der Waals surface area contributed by atoms with Crippen LogP contribution in [0.1, 0.15) is 6.42 Å². The molecule has 0 saturated carbocycles. The molecule has 0 aromatic heterocycles. The van der Waals surface area contributed by atoms with Crippen LogP contribution in [0, 0.1) is 10.1 Å². The molecule has 1 aliphatic heterocycles. The van der Waals surface area contributed by atoms with Crippen molar-refractivity contribution < 1.29 is 9.72 Å². The monoisotopic (exact) mass is 377 g/mol. The second kappa shape index (κ2) is 7.76. The van der Waals surface area contributed by atoms with E-state index in [1.165, 1.54) is 18.2 Å². The average molecular weight is 378 g/mol. The first kappa shape index (κ1) is 17.6. The molecule has 2 aromatic carbocycles. The van der Waals surface area contributed by atoms with Gasteiger partial charge in [-0.1, -0.05) is 23.7 Å². The number of nitro groups is 1. The fraction of sp³-hybridized carbons (Fsp3) is 0.235. The number of anilines is 2. The highest BCUT2D eigenvalue weighted by Gasteiger charge is 2.20. The van der Waals surface area contributed by atoms with Gasteiger partial charge in [0.2, 0.25) is 5.91 Å². The molecular formula is C17H16ClN3O3S. The van der Waals surface area contributed by atoms with E-state index < -0.39 is 4.92 Å². The van der Waals surface area contributed by atoms with E-state index in [2.05, 4.69) is 5.32 Å². The van der Waals surface area contributed by atoms with Gasteiger partial charge in [0.05, 0.1) is 17.2 Å². The van der Waals surface area contributed by atoms with Gasteiger partial charge in [0.1, 0.15) is 5.69 Å². The van der Waals surface area contributed by atoms with Crippen molar-refractivity contribution in [3.8, 4) is 0 Å². The Labute approximate surface area is 154 Å². The first-order chi connectivity index (χ1) is 12.0. The van der Waals surface area contributed by atoms with E-state index in [4.69, 9.17) is 11.6 Å². The first-order valence-electron chi connectivity index (χ1n) is 7.75. The second-order valence-electron chi connectivity index (χ2n) is 5.56. The number of para-hydroxylation sites is 1. The number of carbonyl (C=O) groups is 1. The number of nitrogens with zero attached hydrogens (tertiary/aromatic N) is 2. The topological polar surface area (TPSA) is 75.5 Å². The number of nitrogens with one attached hydrogen (secondary N) is 1. The molecule has 0 atom stereocenters. The van der Waals surface area contributed by atoms with Crippen LogP contribution in [-0.4, -0.2) is 29.7 Å². The lowest BCUT2D eigenvalue weighted by atomic mass is 10.2. The van der Waals surface area contributed by atoms with Crippen LogP contribution in [0.2, 0.25) is 5.02 Å². The molecule has 130 valence electrons. The summed E-state index contributed by atoms with van der Waals surface area (Å²) in [6.45, 7) is 0.885. The van der Waals surface area contributed by atoms with E-state index in [0.717, 1.165) is 29.3 Å². The zero-order chi connectivity index (χ0) is 17.8. The molecule has 0 unspecified atom stereocenters. The minimum absolute atomic E-state index is 0.111. The Morgan fingerprint density at radius 2 is 2.12 bits per heavy atom. The fourth-order valence-corrected chi connectivity index (χ4v) is 3.88. The standard InChI is InChI=1S/C17H16ClN3O3S/c18-12-6-7-14(21(23)24)13(10-12)19-17(22)11-20-8-3-9-25-16-5-2-1-4-15(16)20/h1-2,4-7,10H,3,8-9,11H2,(H,19,22). The van der Waals surface area contributed by atoms with Crippen molar-refractivity contribution in [3.63, 3.8) is 0 Å². The van der Waals surface area contributed by atoms with Crippen molar-refractivity contribution in [2.75, 3.05) is 29.1 Å². The summed E-state index contributed by atoms with van der Waals surface area (Å²) in [6, 6.07) is 12.1. The van der Waals surface area contributed by atoms with Crippen molar-refractivity contribution in [3.05, 3.63) is 57.6 Å². The molecule has 6 nitrogen and oxygen atoms in total. The average Bonchev–Trinajstić information content (AvgIpc) is 2.77. The summed E-state index contributed by atoms with van der Waals surface area (Å²) < 4.78 is 0. The van der Waals surface area contributed by atoms with Gasteiger partial charge in [-0.05, 0) is 36.4 Å². The molecule has 0 aliphatic carbocycles.